The van der Waals surface area contributed by atoms with Gasteiger partial charge in [-0.1, -0.05) is 72.8 Å². The molecule has 1 atom stereocenters. The molecule has 1 fully saturated rings. The highest BCUT2D eigenvalue weighted by Gasteiger charge is 2.49. The summed E-state index contributed by atoms with van der Waals surface area (Å²) in [7, 11) is -1.85. The van der Waals surface area contributed by atoms with E-state index < -0.39 is 21.7 Å². The molecule has 0 aliphatic carbocycles. The van der Waals surface area contributed by atoms with Crippen LogP contribution in [0.2, 0.25) is 0 Å². The summed E-state index contributed by atoms with van der Waals surface area (Å²) in [5.74, 6) is 0. The number of sulfonamides is 1. The number of aryl methyl sites for hydroxylation is 1. The highest BCUT2D eigenvalue weighted by atomic mass is 32.2. The fourth-order valence-electron chi connectivity index (χ4n) is 5.09. The molecule has 1 N–H and O–H groups in total. The zero-order chi connectivity index (χ0) is 24.5. The lowest BCUT2D eigenvalue weighted by Gasteiger charge is -2.39. The first kappa shape index (κ1) is 23.5. The number of nitrogens with zero attached hydrogens (tertiary/aromatic N) is 3. The predicted octanol–water partition coefficient (Wildman–Crippen LogP) is 3.45. The zero-order valence-electron chi connectivity index (χ0n) is 19.7. The maximum atomic E-state index is 13.8. The van der Waals surface area contributed by atoms with Crippen LogP contribution in [-0.2, 0) is 29.2 Å². The van der Waals surface area contributed by atoms with E-state index in [1.165, 1.54) is 4.31 Å². The summed E-state index contributed by atoms with van der Waals surface area (Å²) in [5.41, 5.74) is 0.931. The van der Waals surface area contributed by atoms with Gasteiger partial charge in [0, 0.05) is 6.54 Å². The van der Waals surface area contributed by atoms with Crippen LogP contribution in [0.15, 0.2) is 109 Å². The Balaban J connectivity index is 1.49. The van der Waals surface area contributed by atoms with E-state index in [9.17, 15) is 13.5 Å². The van der Waals surface area contributed by atoms with Gasteiger partial charge in [0.1, 0.15) is 24.5 Å². The lowest BCUT2D eigenvalue weighted by molar-refractivity contribution is -0.671. The molecule has 0 saturated carbocycles. The van der Waals surface area contributed by atoms with Crippen molar-refractivity contribution in [2.75, 3.05) is 6.54 Å². The standard InChI is InChI=1S/C28H30N3O3S/c1-29-19-20-30(22-29)21-23-14-16-26(17-15-23)35(33,34)31-18-8-13-27(31)28(32,24-9-4-2-5-10-24)25-11-6-3-7-12-25/h2-7,9-12,14-17,19-20,22,27,32H,8,13,18,21H2,1H3/q+1/t27-/m0/s1. The Kier molecular flexibility index (Phi) is 6.32. The van der Waals surface area contributed by atoms with E-state index in [0.717, 1.165) is 5.56 Å². The number of imidazole rings is 1. The quantitative estimate of drug-likeness (QED) is 0.405. The summed E-state index contributed by atoms with van der Waals surface area (Å²) in [6.45, 7) is 1.03. The molecule has 6 nitrogen and oxygen atoms in total. The van der Waals surface area contributed by atoms with Crippen LogP contribution in [0.25, 0.3) is 0 Å². The molecule has 1 aliphatic rings. The lowest BCUT2D eigenvalue weighted by atomic mass is 9.79. The summed E-state index contributed by atoms with van der Waals surface area (Å²) in [4.78, 5) is 0.245. The minimum atomic E-state index is -3.81. The van der Waals surface area contributed by atoms with Gasteiger partial charge in [0.05, 0.1) is 18.0 Å². The maximum absolute atomic E-state index is 13.8. The third kappa shape index (κ3) is 4.43. The largest absolute Gasteiger partial charge is 0.379 e. The van der Waals surface area contributed by atoms with Crippen LogP contribution in [-0.4, -0.2) is 35.0 Å². The first-order valence-corrected chi connectivity index (χ1v) is 13.3. The number of aliphatic hydroxyl groups is 1. The zero-order valence-corrected chi connectivity index (χ0v) is 20.6. The molecule has 1 aliphatic heterocycles. The normalized spacial score (nSPS) is 17.0. The second-order valence-electron chi connectivity index (χ2n) is 9.17. The minimum Gasteiger partial charge on any atom is -0.379 e. The smallest absolute Gasteiger partial charge is 0.243 e. The average molecular weight is 489 g/mol. The van der Waals surface area contributed by atoms with Crippen LogP contribution in [0.4, 0.5) is 0 Å². The lowest BCUT2D eigenvalue weighted by Crippen LogP contribution is -2.50. The monoisotopic (exact) mass is 488 g/mol. The van der Waals surface area contributed by atoms with Crippen LogP contribution in [0.1, 0.15) is 29.5 Å². The maximum Gasteiger partial charge on any atom is 0.243 e. The molecule has 7 heteroatoms. The van der Waals surface area contributed by atoms with Gasteiger partial charge in [0.25, 0.3) is 0 Å². The van der Waals surface area contributed by atoms with Crippen molar-refractivity contribution in [2.24, 2.45) is 7.05 Å². The number of aromatic nitrogens is 2. The second kappa shape index (κ2) is 9.41. The molecule has 0 spiro atoms. The Hall–Kier alpha value is -3.26. The van der Waals surface area contributed by atoms with Crippen molar-refractivity contribution in [3.63, 3.8) is 0 Å². The van der Waals surface area contributed by atoms with Gasteiger partial charge in [-0.15, -0.1) is 0 Å². The first-order valence-electron chi connectivity index (χ1n) is 11.8. The van der Waals surface area contributed by atoms with Crippen LogP contribution in [0.3, 0.4) is 0 Å². The predicted molar refractivity (Wildman–Crippen MR) is 134 cm³/mol. The van der Waals surface area contributed by atoms with Crippen LogP contribution >= 0.6 is 0 Å². The Morgan fingerprint density at radius 3 is 2.09 bits per heavy atom. The van der Waals surface area contributed by atoms with Crippen LogP contribution < -0.4 is 4.57 Å². The fourth-order valence-corrected chi connectivity index (χ4v) is 6.80. The number of hydrogen-bond acceptors (Lipinski definition) is 3. The molecule has 1 aromatic heterocycles. The first-order chi connectivity index (χ1) is 16.9. The molecule has 2 heterocycles. The van der Waals surface area contributed by atoms with E-state index in [1.807, 2.05) is 108 Å². The molecular formula is C28H30N3O3S+. The van der Waals surface area contributed by atoms with E-state index in [2.05, 4.69) is 0 Å². The Labute approximate surface area is 206 Å². The molecular weight excluding hydrogens is 458 g/mol. The molecule has 0 radical (unpaired) electrons. The third-order valence-corrected chi connectivity index (χ3v) is 8.75. The van der Waals surface area contributed by atoms with Crippen molar-refractivity contribution in [1.29, 1.82) is 0 Å². The van der Waals surface area contributed by atoms with Crippen LogP contribution in [0.5, 0.6) is 0 Å². The van der Waals surface area contributed by atoms with Crippen molar-refractivity contribution >= 4 is 10.0 Å². The van der Waals surface area contributed by atoms with Gasteiger partial charge in [-0.05, 0) is 41.7 Å². The average Bonchev–Trinajstić information content (AvgIpc) is 3.55. The molecule has 180 valence electrons. The van der Waals surface area contributed by atoms with Gasteiger partial charge in [-0.2, -0.15) is 4.31 Å². The van der Waals surface area contributed by atoms with Crippen molar-refractivity contribution in [1.82, 2.24) is 8.87 Å². The summed E-state index contributed by atoms with van der Waals surface area (Å²) in [5, 5.41) is 12.2. The third-order valence-electron chi connectivity index (χ3n) is 6.83. The molecule has 0 unspecified atom stereocenters. The van der Waals surface area contributed by atoms with Crippen molar-refractivity contribution in [2.45, 2.75) is 35.9 Å². The topological polar surface area (TPSA) is 66.4 Å². The van der Waals surface area contributed by atoms with E-state index in [0.29, 0.717) is 37.1 Å². The van der Waals surface area contributed by atoms with Crippen molar-refractivity contribution < 1.29 is 18.1 Å². The Morgan fingerprint density at radius 2 is 1.54 bits per heavy atom. The van der Waals surface area contributed by atoms with Gasteiger partial charge in [0.15, 0.2) is 0 Å². The minimum absolute atomic E-state index is 0.245. The van der Waals surface area contributed by atoms with Gasteiger partial charge >= 0.3 is 0 Å². The van der Waals surface area contributed by atoms with Gasteiger partial charge in [0.2, 0.25) is 16.4 Å². The molecule has 0 amide bonds. The van der Waals surface area contributed by atoms with Gasteiger partial charge in [-0.3, -0.25) is 0 Å². The van der Waals surface area contributed by atoms with E-state index in [-0.39, 0.29) is 4.90 Å². The molecule has 1 saturated heterocycles. The SMILES string of the molecule is C[n+]1ccn(Cc2ccc(S(=O)(=O)N3CCC[C@H]3C(O)(c3ccccc3)c3ccccc3)cc2)c1. The number of hydrogen-bond donors (Lipinski definition) is 1. The van der Waals surface area contributed by atoms with E-state index >= 15 is 0 Å². The van der Waals surface area contributed by atoms with E-state index in [1.54, 1.807) is 12.1 Å². The summed E-state index contributed by atoms with van der Waals surface area (Å²) >= 11 is 0. The van der Waals surface area contributed by atoms with E-state index in [4.69, 9.17) is 0 Å². The van der Waals surface area contributed by atoms with Gasteiger partial charge < -0.3 is 5.11 Å². The summed E-state index contributed by atoms with van der Waals surface area (Å²) in [6, 6.07) is 25.2. The number of benzene rings is 3. The number of rotatable bonds is 7. The fraction of sp³-hybridized carbons (Fsp3) is 0.250. The Morgan fingerprint density at radius 1 is 0.943 bits per heavy atom. The highest BCUT2D eigenvalue weighted by Crippen LogP contribution is 2.42. The molecule has 35 heavy (non-hydrogen) atoms. The molecule has 3 aromatic carbocycles. The summed E-state index contributed by atoms with van der Waals surface area (Å²) in [6.07, 6.45) is 7.19. The molecule has 0 bridgehead atoms. The van der Waals surface area contributed by atoms with Crippen LogP contribution in [0, 0.1) is 0 Å². The highest BCUT2D eigenvalue weighted by molar-refractivity contribution is 7.89. The molecule has 5 rings (SSSR count). The second-order valence-corrected chi connectivity index (χ2v) is 11.1. The Bertz CT molecular complexity index is 1340. The summed E-state index contributed by atoms with van der Waals surface area (Å²) < 4.78 is 33.2. The van der Waals surface area contributed by atoms with Gasteiger partial charge in [-0.25, -0.2) is 17.6 Å². The van der Waals surface area contributed by atoms with Crippen molar-refractivity contribution in [3.05, 3.63) is 120 Å². The molecule has 4 aromatic rings. The van der Waals surface area contributed by atoms with Crippen molar-refractivity contribution in [3.8, 4) is 0 Å².